The lowest BCUT2D eigenvalue weighted by Crippen LogP contribution is -2.19. The molecule has 134 valence electrons. The van der Waals surface area contributed by atoms with Crippen LogP contribution in [0.3, 0.4) is 0 Å². The van der Waals surface area contributed by atoms with Gasteiger partial charge in [0.15, 0.2) is 23.0 Å². The first kappa shape index (κ1) is 17.4. The quantitative estimate of drug-likeness (QED) is 0.837. The highest BCUT2D eigenvalue weighted by atomic mass is 16.7. The summed E-state index contributed by atoms with van der Waals surface area (Å²) in [4.78, 5) is 0. The van der Waals surface area contributed by atoms with Crippen LogP contribution in [0.25, 0.3) is 0 Å². The molecule has 1 aliphatic heterocycles. The van der Waals surface area contributed by atoms with Crippen molar-refractivity contribution < 1.29 is 24.4 Å². The number of methoxy groups -OCH3 is 1. The van der Waals surface area contributed by atoms with Crippen LogP contribution in [0.5, 0.6) is 23.0 Å². The summed E-state index contributed by atoms with van der Waals surface area (Å²) in [5.41, 5.74) is 1.89. The van der Waals surface area contributed by atoms with Crippen LogP contribution >= 0.6 is 0 Å². The van der Waals surface area contributed by atoms with Gasteiger partial charge in [0.05, 0.1) is 13.2 Å². The molecular formula is C20H24O5. The Bertz CT molecular complexity index is 743. The molecule has 1 heterocycles. The molecule has 3 unspecified atom stereocenters. The van der Waals surface area contributed by atoms with Crippen LogP contribution < -0.4 is 14.2 Å². The molecule has 0 amide bonds. The SMILES string of the molecule is COc1cc(CC(C)C(C)C(O)c2ccc3c(c2)OCO3)ccc1O. The number of hydrogen-bond acceptors (Lipinski definition) is 5. The van der Waals surface area contributed by atoms with E-state index in [9.17, 15) is 10.2 Å². The summed E-state index contributed by atoms with van der Waals surface area (Å²) in [5.74, 6) is 2.27. The van der Waals surface area contributed by atoms with E-state index in [0.717, 1.165) is 17.5 Å². The van der Waals surface area contributed by atoms with Crippen LogP contribution in [-0.2, 0) is 6.42 Å². The summed E-state index contributed by atoms with van der Waals surface area (Å²) in [6.45, 7) is 4.38. The normalized spacial score (nSPS) is 16.3. The molecule has 0 radical (unpaired) electrons. The van der Waals surface area contributed by atoms with Gasteiger partial charge in [-0.05, 0) is 53.6 Å². The fourth-order valence-corrected chi connectivity index (χ4v) is 3.12. The van der Waals surface area contributed by atoms with Crippen molar-refractivity contribution in [3.8, 4) is 23.0 Å². The van der Waals surface area contributed by atoms with Crippen molar-refractivity contribution in [1.29, 1.82) is 0 Å². The smallest absolute Gasteiger partial charge is 0.231 e. The molecule has 2 aromatic carbocycles. The highest BCUT2D eigenvalue weighted by molar-refractivity contribution is 5.45. The number of phenols is 1. The number of rotatable bonds is 6. The van der Waals surface area contributed by atoms with Gasteiger partial charge in [-0.25, -0.2) is 0 Å². The Balaban J connectivity index is 1.70. The Hall–Kier alpha value is -2.40. The predicted octanol–water partition coefficient (Wildman–Crippen LogP) is 3.68. The zero-order valence-electron chi connectivity index (χ0n) is 14.7. The summed E-state index contributed by atoms with van der Waals surface area (Å²) >= 11 is 0. The molecular weight excluding hydrogens is 320 g/mol. The van der Waals surface area contributed by atoms with Crippen LogP contribution in [0.15, 0.2) is 36.4 Å². The highest BCUT2D eigenvalue weighted by Gasteiger charge is 2.25. The third kappa shape index (κ3) is 3.66. The summed E-state index contributed by atoms with van der Waals surface area (Å²) in [6.07, 6.45) is 0.183. The van der Waals surface area contributed by atoms with Gasteiger partial charge < -0.3 is 24.4 Å². The Labute approximate surface area is 147 Å². The minimum Gasteiger partial charge on any atom is -0.504 e. The van der Waals surface area contributed by atoms with Crippen molar-refractivity contribution in [3.05, 3.63) is 47.5 Å². The Morgan fingerprint density at radius 3 is 2.60 bits per heavy atom. The highest BCUT2D eigenvalue weighted by Crippen LogP contribution is 2.37. The molecule has 0 bridgehead atoms. The largest absolute Gasteiger partial charge is 0.504 e. The van der Waals surface area contributed by atoms with E-state index in [2.05, 4.69) is 6.92 Å². The van der Waals surface area contributed by atoms with Crippen molar-refractivity contribution >= 4 is 0 Å². The van der Waals surface area contributed by atoms with Crippen molar-refractivity contribution in [1.82, 2.24) is 0 Å². The second-order valence-electron chi connectivity index (χ2n) is 6.60. The van der Waals surface area contributed by atoms with E-state index in [1.54, 1.807) is 6.07 Å². The molecule has 0 aromatic heterocycles. The maximum atomic E-state index is 10.8. The second-order valence-corrected chi connectivity index (χ2v) is 6.60. The Kier molecular flexibility index (Phi) is 5.04. The zero-order valence-corrected chi connectivity index (χ0v) is 14.7. The third-order valence-electron chi connectivity index (χ3n) is 4.94. The predicted molar refractivity (Wildman–Crippen MR) is 94.2 cm³/mol. The fourth-order valence-electron chi connectivity index (χ4n) is 3.12. The van der Waals surface area contributed by atoms with Crippen molar-refractivity contribution in [3.63, 3.8) is 0 Å². The molecule has 25 heavy (non-hydrogen) atoms. The Morgan fingerprint density at radius 1 is 1.08 bits per heavy atom. The summed E-state index contributed by atoms with van der Waals surface area (Å²) in [6, 6.07) is 10.9. The molecule has 0 saturated heterocycles. The number of hydrogen-bond donors (Lipinski definition) is 2. The fraction of sp³-hybridized carbons (Fsp3) is 0.400. The van der Waals surface area contributed by atoms with Gasteiger partial charge >= 0.3 is 0 Å². The first-order chi connectivity index (χ1) is 12.0. The van der Waals surface area contributed by atoms with Crippen molar-refractivity contribution in [2.45, 2.75) is 26.4 Å². The molecule has 0 aliphatic carbocycles. The van der Waals surface area contributed by atoms with E-state index in [0.29, 0.717) is 17.2 Å². The summed E-state index contributed by atoms with van der Waals surface area (Å²) in [5, 5.41) is 20.5. The van der Waals surface area contributed by atoms with Gasteiger partial charge in [0.2, 0.25) is 6.79 Å². The van der Waals surface area contributed by atoms with Crippen molar-refractivity contribution in [2.75, 3.05) is 13.9 Å². The summed E-state index contributed by atoms with van der Waals surface area (Å²) in [7, 11) is 1.54. The monoisotopic (exact) mass is 344 g/mol. The minimum absolute atomic E-state index is 0.0418. The van der Waals surface area contributed by atoms with Crippen LogP contribution in [-0.4, -0.2) is 24.1 Å². The minimum atomic E-state index is -0.594. The second kappa shape index (κ2) is 7.23. The van der Waals surface area contributed by atoms with E-state index in [1.165, 1.54) is 7.11 Å². The Morgan fingerprint density at radius 2 is 1.84 bits per heavy atom. The molecule has 0 saturated carbocycles. The first-order valence-electron chi connectivity index (χ1n) is 8.43. The van der Waals surface area contributed by atoms with Crippen LogP contribution in [0.1, 0.15) is 31.1 Å². The van der Waals surface area contributed by atoms with Gasteiger partial charge in [-0.2, -0.15) is 0 Å². The first-order valence-corrected chi connectivity index (χ1v) is 8.43. The summed E-state index contributed by atoms with van der Waals surface area (Å²) < 4.78 is 15.9. The molecule has 2 aromatic rings. The number of phenolic OH excluding ortho intramolecular Hbond substituents is 1. The lowest BCUT2D eigenvalue weighted by atomic mass is 9.83. The number of fused-ring (bicyclic) bond motifs is 1. The average Bonchev–Trinajstić information content (AvgIpc) is 3.09. The van der Waals surface area contributed by atoms with E-state index in [1.807, 2.05) is 37.3 Å². The number of benzene rings is 2. The molecule has 5 nitrogen and oxygen atoms in total. The number of aliphatic hydroxyl groups is 1. The molecule has 2 N–H and O–H groups in total. The van der Waals surface area contributed by atoms with Gasteiger partial charge in [-0.15, -0.1) is 0 Å². The molecule has 1 aliphatic rings. The topological polar surface area (TPSA) is 68.2 Å². The maximum absolute atomic E-state index is 10.8. The average molecular weight is 344 g/mol. The number of aliphatic hydroxyl groups excluding tert-OH is 1. The van der Waals surface area contributed by atoms with Gasteiger partial charge in [0.25, 0.3) is 0 Å². The van der Waals surface area contributed by atoms with Gasteiger partial charge in [-0.1, -0.05) is 26.0 Å². The van der Waals surface area contributed by atoms with E-state index < -0.39 is 6.10 Å². The van der Waals surface area contributed by atoms with Gasteiger partial charge in [0, 0.05) is 0 Å². The van der Waals surface area contributed by atoms with Crippen molar-refractivity contribution in [2.24, 2.45) is 11.8 Å². The van der Waals surface area contributed by atoms with Gasteiger partial charge in [-0.3, -0.25) is 0 Å². The third-order valence-corrected chi connectivity index (χ3v) is 4.94. The molecule has 0 spiro atoms. The van der Waals surface area contributed by atoms with Crippen LogP contribution in [0.2, 0.25) is 0 Å². The van der Waals surface area contributed by atoms with E-state index in [4.69, 9.17) is 14.2 Å². The molecule has 5 heteroatoms. The molecule has 3 atom stereocenters. The van der Waals surface area contributed by atoms with Crippen LogP contribution in [0, 0.1) is 11.8 Å². The zero-order chi connectivity index (χ0) is 18.0. The maximum Gasteiger partial charge on any atom is 0.231 e. The van der Waals surface area contributed by atoms with E-state index in [-0.39, 0.29) is 24.4 Å². The molecule has 3 rings (SSSR count). The molecule has 0 fully saturated rings. The van der Waals surface area contributed by atoms with E-state index >= 15 is 0 Å². The lowest BCUT2D eigenvalue weighted by Gasteiger charge is -2.26. The number of ether oxygens (including phenoxy) is 3. The number of aromatic hydroxyl groups is 1. The van der Waals surface area contributed by atoms with Crippen LogP contribution in [0.4, 0.5) is 0 Å². The standard InChI is InChI=1S/C20H24O5/c1-12(8-14-4-6-16(21)18(9-14)23-3)13(2)20(22)15-5-7-17-19(10-15)25-11-24-17/h4-7,9-10,12-13,20-22H,8,11H2,1-3H3. The lowest BCUT2D eigenvalue weighted by molar-refractivity contribution is 0.0869. The van der Waals surface area contributed by atoms with Gasteiger partial charge in [0.1, 0.15) is 0 Å².